The van der Waals surface area contributed by atoms with Crippen molar-refractivity contribution in [2.75, 3.05) is 0 Å². The van der Waals surface area contributed by atoms with E-state index in [2.05, 4.69) is 0 Å². The molecule has 1 aromatic rings. The molecule has 1 fully saturated rings. The average Bonchev–Trinajstić information content (AvgIpc) is 2.48. The van der Waals surface area contributed by atoms with Gasteiger partial charge in [-0.25, -0.2) is 0 Å². The van der Waals surface area contributed by atoms with Gasteiger partial charge in [-0.15, -0.1) is 0 Å². The molecule has 2 rings (SSSR count). The maximum absolute atomic E-state index is 11.4. The Kier molecular flexibility index (Phi) is 6.04. The molecular formula is C16H20O6S. The van der Waals surface area contributed by atoms with Gasteiger partial charge in [0.1, 0.15) is 11.5 Å². The number of esters is 2. The summed E-state index contributed by atoms with van der Waals surface area (Å²) in [4.78, 5) is 23.5. The van der Waals surface area contributed by atoms with E-state index in [1.165, 1.54) is 25.6 Å². The summed E-state index contributed by atoms with van der Waals surface area (Å²) in [6, 6.07) is 9.45. The summed E-state index contributed by atoms with van der Waals surface area (Å²) in [5.41, 5.74) is -0.599. The summed E-state index contributed by atoms with van der Waals surface area (Å²) in [7, 11) is 0. The quantitative estimate of drug-likeness (QED) is 0.836. The maximum Gasteiger partial charge on any atom is 0.303 e. The molecule has 1 aromatic carbocycles. The van der Waals surface area contributed by atoms with Crippen LogP contribution in [0.2, 0.25) is 0 Å². The molecule has 6 nitrogen and oxygen atoms in total. The molecule has 0 saturated carbocycles. The Morgan fingerprint density at radius 2 is 1.65 bits per heavy atom. The van der Waals surface area contributed by atoms with Crippen molar-refractivity contribution in [2.45, 2.75) is 55.5 Å². The van der Waals surface area contributed by atoms with Gasteiger partial charge in [0.25, 0.3) is 0 Å². The first kappa shape index (κ1) is 17.8. The van der Waals surface area contributed by atoms with E-state index in [0.29, 0.717) is 0 Å². The first-order valence-electron chi connectivity index (χ1n) is 7.28. The van der Waals surface area contributed by atoms with Gasteiger partial charge in [0, 0.05) is 18.7 Å². The molecule has 5 atom stereocenters. The number of benzene rings is 1. The Balaban J connectivity index is 2.19. The van der Waals surface area contributed by atoms with E-state index in [1.807, 2.05) is 30.3 Å². The highest BCUT2D eigenvalue weighted by Crippen LogP contribution is 2.35. The number of hydrogen-bond acceptors (Lipinski definition) is 7. The number of thioether (sulfide) groups is 1. The molecule has 0 spiro atoms. The van der Waals surface area contributed by atoms with Crippen LogP contribution < -0.4 is 0 Å². The van der Waals surface area contributed by atoms with Gasteiger partial charge >= 0.3 is 11.9 Å². The molecule has 0 aromatic heterocycles. The third-order valence-corrected chi connectivity index (χ3v) is 4.51. The minimum atomic E-state index is -1.16. The van der Waals surface area contributed by atoms with E-state index in [0.717, 1.165) is 4.90 Å². The molecule has 3 unspecified atom stereocenters. The van der Waals surface area contributed by atoms with Crippen molar-refractivity contribution in [1.29, 1.82) is 0 Å². The van der Waals surface area contributed by atoms with Crippen LogP contribution in [0.25, 0.3) is 0 Å². The topological polar surface area (TPSA) is 82.1 Å². The van der Waals surface area contributed by atoms with Crippen LogP contribution in [0.5, 0.6) is 0 Å². The fourth-order valence-electron chi connectivity index (χ4n) is 2.39. The molecule has 1 aliphatic rings. The van der Waals surface area contributed by atoms with E-state index < -0.39 is 41.8 Å². The van der Waals surface area contributed by atoms with Crippen LogP contribution in [0.15, 0.2) is 35.2 Å². The molecule has 7 heteroatoms. The van der Waals surface area contributed by atoms with Gasteiger partial charge in [-0.2, -0.15) is 0 Å². The van der Waals surface area contributed by atoms with Crippen molar-refractivity contribution in [3.63, 3.8) is 0 Å². The van der Waals surface area contributed by atoms with E-state index in [1.54, 1.807) is 6.92 Å². The summed E-state index contributed by atoms with van der Waals surface area (Å²) in [5.74, 6) is -1.06. The molecule has 0 radical (unpaired) electrons. The third kappa shape index (κ3) is 4.70. The monoisotopic (exact) mass is 340 g/mol. The summed E-state index contributed by atoms with van der Waals surface area (Å²) in [6.45, 7) is 4.22. The minimum absolute atomic E-state index is 0.526. The zero-order chi connectivity index (χ0) is 17.0. The maximum atomic E-state index is 11.4. The summed E-state index contributed by atoms with van der Waals surface area (Å²) >= 11 is 1.34. The molecule has 0 aliphatic carbocycles. The molecule has 0 amide bonds. The second kappa shape index (κ2) is 7.81. The highest BCUT2D eigenvalue weighted by atomic mass is 32.2. The Labute approximate surface area is 139 Å². The van der Waals surface area contributed by atoms with Gasteiger partial charge in [-0.1, -0.05) is 30.0 Å². The molecule has 1 heterocycles. The second-order valence-electron chi connectivity index (χ2n) is 5.28. The van der Waals surface area contributed by atoms with Crippen LogP contribution in [-0.2, 0) is 23.8 Å². The Hall–Kier alpha value is -1.57. The normalized spacial score (nSPS) is 30.5. The summed E-state index contributed by atoms with van der Waals surface area (Å²) < 4.78 is 16.2. The van der Waals surface area contributed by atoms with Gasteiger partial charge < -0.3 is 19.3 Å². The number of carbonyl (C=O) groups excluding carboxylic acids is 2. The Bertz CT molecular complexity index is 549. The fraction of sp³-hybridized carbons (Fsp3) is 0.500. The first-order valence-corrected chi connectivity index (χ1v) is 8.16. The highest BCUT2D eigenvalue weighted by molar-refractivity contribution is 7.99. The number of hydrogen-bond donors (Lipinski definition) is 1. The lowest BCUT2D eigenvalue weighted by atomic mass is 10.0. The predicted octanol–water partition coefficient (Wildman–Crippen LogP) is 1.75. The van der Waals surface area contributed by atoms with Gasteiger partial charge in [0.2, 0.25) is 0 Å². The Morgan fingerprint density at radius 1 is 1.09 bits per heavy atom. The van der Waals surface area contributed by atoms with Gasteiger partial charge in [-0.3, -0.25) is 9.59 Å². The van der Waals surface area contributed by atoms with E-state index in [-0.39, 0.29) is 0 Å². The molecular weight excluding hydrogens is 320 g/mol. The molecule has 1 aliphatic heterocycles. The van der Waals surface area contributed by atoms with Crippen molar-refractivity contribution in [1.82, 2.24) is 0 Å². The van der Waals surface area contributed by atoms with Crippen LogP contribution in [0.3, 0.4) is 0 Å². The lowest BCUT2D eigenvalue weighted by Gasteiger charge is -2.42. The predicted molar refractivity (Wildman–Crippen MR) is 83.7 cm³/mol. The number of ether oxygens (including phenoxy) is 3. The van der Waals surface area contributed by atoms with Gasteiger partial charge in [-0.05, 0) is 19.1 Å². The molecule has 23 heavy (non-hydrogen) atoms. The number of aliphatic hydroxyl groups excluding tert-OH is 1. The molecule has 0 bridgehead atoms. The van der Waals surface area contributed by atoms with Gasteiger partial charge in [0.15, 0.2) is 12.2 Å². The van der Waals surface area contributed by atoms with Crippen molar-refractivity contribution in [3.05, 3.63) is 30.3 Å². The lowest BCUT2D eigenvalue weighted by molar-refractivity contribution is -0.219. The van der Waals surface area contributed by atoms with Crippen LogP contribution in [0.4, 0.5) is 0 Å². The summed E-state index contributed by atoms with van der Waals surface area (Å²) in [5, 5.41) is 10.5. The number of aliphatic hydroxyl groups is 1. The minimum Gasteiger partial charge on any atom is -0.457 e. The summed E-state index contributed by atoms with van der Waals surface area (Å²) in [6.07, 6.45) is -3.50. The van der Waals surface area contributed by atoms with Crippen molar-refractivity contribution in [2.24, 2.45) is 0 Å². The largest absolute Gasteiger partial charge is 0.457 e. The highest BCUT2D eigenvalue weighted by Gasteiger charge is 2.47. The van der Waals surface area contributed by atoms with Crippen LogP contribution in [0, 0.1) is 0 Å². The number of carbonyl (C=O) groups is 2. The zero-order valence-corrected chi connectivity index (χ0v) is 14.0. The van der Waals surface area contributed by atoms with Crippen molar-refractivity contribution in [3.8, 4) is 0 Å². The van der Waals surface area contributed by atoms with Gasteiger partial charge in [0.05, 0.1) is 6.10 Å². The van der Waals surface area contributed by atoms with E-state index in [9.17, 15) is 14.7 Å². The van der Waals surface area contributed by atoms with E-state index >= 15 is 0 Å². The second-order valence-corrected chi connectivity index (χ2v) is 6.45. The Morgan fingerprint density at radius 3 is 2.22 bits per heavy atom. The van der Waals surface area contributed by atoms with Crippen molar-refractivity contribution >= 4 is 23.7 Å². The van der Waals surface area contributed by atoms with Crippen LogP contribution in [0.1, 0.15) is 20.8 Å². The van der Waals surface area contributed by atoms with Crippen LogP contribution >= 0.6 is 11.8 Å². The molecule has 1 N–H and O–H groups in total. The molecule has 126 valence electrons. The smallest absolute Gasteiger partial charge is 0.303 e. The van der Waals surface area contributed by atoms with Crippen LogP contribution in [-0.4, -0.2) is 46.9 Å². The lowest BCUT2D eigenvalue weighted by Crippen LogP contribution is -2.58. The standard InChI is InChI=1S/C16H20O6S/c1-9-14(21-10(2)17)13(19)15(22-11(3)18)16(20-9)23-12-7-5-4-6-8-12/h4-9,13-16,19H,1-3H3/t9?,13?,14-,15?,16-/m0/s1. The third-order valence-electron chi connectivity index (χ3n) is 3.35. The first-order chi connectivity index (χ1) is 10.9. The fourth-order valence-corrected chi connectivity index (χ4v) is 3.56. The average molecular weight is 340 g/mol. The zero-order valence-electron chi connectivity index (χ0n) is 13.2. The SMILES string of the molecule is CC(=O)OC1C(O)[C@@H](OC(C)=O)C(C)O[C@H]1Sc1ccccc1. The van der Waals surface area contributed by atoms with E-state index in [4.69, 9.17) is 14.2 Å². The molecule has 1 saturated heterocycles. The van der Waals surface area contributed by atoms with Crippen molar-refractivity contribution < 1.29 is 28.9 Å². The number of rotatable bonds is 4.